The first-order valence-electron chi connectivity index (χ1n) is 18.0. The van der Waals surface area contributed by atoms with Gasteiger partial charge in [-0.3, -0.25) is 4.79 Å². The third-order valence-electron chi connectivity index (χ3n) is 8.85. The van der Waals surface area contributed by atoms with Crippen molar-refractivity contribution in [3.05, 3.63) is 46.9 Å². The predicted molar refractivity (Wildman–Crippen MR) is 196 cm³/mol. The average Bonchev–Trinajstić information content (AvgIpc) is 3.80. The lowest BCUT2D eigenvalue weighted by Gasteiger charge is -2.26. The van der Waals surface area contributed by atoms with Crippen LogP contribution in [0.1, 0.15) is 37.4 Å². The van der Waals surface area contributed by atoms with Crippen LogP contribution in [0.5, 0.6) is 5.75 Å². The molecule has 288 valence electrons. The molecule has 1 amide bonds. The summed E-state index contributed by atoms with van der Waals surface area (Å²) in [6.07, 6.45) is 4.57. The summed E-state index contributed by atoms with van der Waals surface area (Å²) in [4.78, 5) is 28.3. The molecule has 1 aliphatic carbocycles. The fourth-order valence-corrected chi connectivity index (χ4v) is 6.21. The van der Waals surface area contributed by atoms with Crippen molar-refractivity contribution in [1.82, 2.24) is 29.9 Å². The maximum atomic E-state index is 12.9. The number of nitrogens with zero attached hydrogens (tertiary/aromatic N) is 7. The van der Waals surface area contributed by atoms with Crippen LogP contribution in [-0.4, -0.2) is 130 Å². The highest BCUT2D eigenvalue weighted by Crippen LogP contribution is 2.39. The van der Waals surface area contributed by atoms with Crippen LogP contribution in [0.3, 0.4) is 0 Å². The average molecular weight is 739 g/mol. The molecule has 0 unspecified atom stereocenters. The number of fused-ring (bicyclic) bond motifs is 2. The fourth-order valence-electron chi connectivity index (χ4n) is 6.21. The third-order valence-corrected chi connectivity index (χ3v) is 8.85. The predicted octanol–water partition coefficient (Wildman–Crippen LogP) is 3.66. The minimum absolute atomic E-state index is 0.0502. The number of carbonyl (C=O) groups is 1. The van der Waals surface area contributed by atoms with Gasteiger partial charge < -0.3 is 49.2 Å². The molecule has 4 N–H and O–H groups in total. The molecule has 0 spiro atoms. The second-order valence-electron chi connectivity index (χ2n) is 12.3. The number of nitrogens with two attached hydrogens (primary N) is 1. The Morgan fingerprint density at radius 1 is 0.943 bits per heavy atom. The number of hydrogen-bond acceptors (Lipinski definition) is 13. The van der Waals surface area contributed by atoms with Gasteiger partial charge in [-0.05, 0) is 43.3 Å². The molecule has 0 saturated heterocycles. The Morgan fingerprint density at radius 2 is 1.57 bits per heavy atom. The van der Waals surface area contributed by atoms with E-state index in [4.69, 9.17) is 49.4 Å². The van der Waals surface area contributed by atoms with E-state index in [1.165, 1.54) is 6.33 Å². The summed E-state index contributed by atoms with van der Waals surface area (Å²) in [7, 11) is 1.65. The van der Waals surface area contributed by atoms with Crippen LogP contribution in [0.2, 0.25) is 0 Å². The zero-order valence-electron chi connectivity index (χ0n) is 30.2. The fraction of sp³-hybridized carbons (Fsp3) is 0.600. The number of nitrogen functional groups attached to an aromatic ring is 1. The van der Waals surface area contributed by atoms with Crippen LogP contribution in [0.25, 0.3) is 38.3 Å². The molecule has 18 nitrogen and oxygen atoms in total. The molecule has 3 heterocycles. The molecule has 0 radical (unpaired) electrons. The highest BCUT2D eigenvalue weighted by Gasteiger charge is 2.31. The molecule has 5 rings (SSSR count). The van der Waals surface area contributed by atoms with Gasteiger partial charge in [-0.15, -0.1) is 0 Å². The number of ether oxygens (including phenoxy) is 7. The quantitative estimate of drug-likeness (QED) is 0.0383. The highest BCUT2D eigenvalue weighted by atomic mass is 16.6. The van der Waals surface area contributed by atoms with E-state index in [2.05, 4.69) is 30.4 Å². The summed E-state index contributed by atoms with van der Waals surface area (Å²) in [6, 6.07) is 7.91. The van der Waals surface area contributed by atoms with Crippen molar-refractivity contribution < 1.29 is 38.0 Å². The van der Waals surface area contributed by atoms with E-state index in [0.717, 1.165) is 53.9 Å². The lowest BCUT2D eigenvalue weighted by atomic mass is 9.81. The largest absolute Gasteiger partial charge is 0.495 e. The number of benzene rings is 1. The van der Waals surface area contributed by atoms with Crippen molar-refractivity contribution in [2.24, 2.45) is 11.0 Å². The van der Waals surface area contributed by atoms with Crippen molar-refractivity contribution in [2.45, 2.75) is 31.6 Å². The molecule has 0 atom stereocenters. The number of anilines is 1. The Balaban J connectivity index is 0.905. The Bertz CT molecular complexity index is 1750. The van der Waals surface area contributed by atoms with Crippen molar-refractivity contribution in [2.75, 3.05) is 105 Å². The number of carbonyl (C=O) groups excluding carboxylic acids is 1. The van der Waals surface area contributed by atoms with Crippen molar-refractivity contribution in [3.8, 4) is 17.1 Å². The monoisotopic (exact) mass is 738 g/mol. The third kappa shape index (κ3) is 11.7. The van der Waals surface area contributed by atoms with Gasteiger partial charge in [0.15, 0.2) is 5.82 Å². The number of H-pyrrole nitrogens is 1. The smallest absolute Gasteiger partial charge is 0.223 e. The van der Waals surface area contributed by atoms with Gasteiger partial charge in [-0.25, -0.2) is 14.5 Å². The maximum Gasteiger partial charge on any atom is 0.223 e. The van der Waals surface area contributed by atoms with Gasteiger partial charge in [0.05, 0.1) is 97.6 Å². The van der Waals surface area contributed by atoms with E-state index in [9.17, 15) is 4.79 Å². The van der Waals surface area contributed by atoms with E-state index < -0.39 is 0 Å². The van der Waals surface area contributed by atoms with Gasteiger partial charge in [0, 0.05) is 35.2 Å². The molecule has 0 aliphatic heterocycles. The number of imidazole rings is 1. The second-order valence-corrected chi connectivity index (χ2v) is 12.3. The van der Waals surface area contributed by atoms with Gasteiger partial charge in [0.1, 0.15) is 29.1 Å². The molecule has 18 heteroatoms. The van der Waals surface area contributed by atoms with Crippen LogP contribution in [-0.2, 0) is 33.2 Å². The zero-order valence-corrected chi connectivity index (χ0v) is 30.2. The standard InChI is InChI=1S/C35H50N10O8/c1-47-29-4-2-3-27-23-28(42-30(27)29)31-32-33(36)39-24-41-45(32)34(43-31)25-5-7-26(8-6-25)35(46)38-9-11-48-13-15-50-17-19-52-21-22-53-20-18-51-16-14-49-12-10-40-44-37/h2-4,23-26,42H,5-22H2,1H3,(H,38,46)(H2,36,39,41). The molecule has 53 heavy (non-hydrogen) atoms. The first-order valence-corrected chi connectivity index (χ1v) is 18.0. The number of aromatic amines is 1. The van der Waals surface area contributed by atoms with Crippen LogP contribution in [0.4, 0.5) is 5.82 Å². The molecule has 1 saturated carbocycles. The minimum Gasteiger partial charge on any atom is -0.495 e. The van der Waals surface area contributed by atoms with Gasteiger partial charge in [-0.2, -0.15) is 5.10 Å². The van der Waals surface area contributed by atoms with E-state index in [1.54, 1.807) is 11.6 Å². The number of para-hydroxylation sites is 1. The maximum absolute atomic E-state index is 12.9. The number of azide groups is 1. The van der Waals surface area contributed by atoms with Gasteiger partial charge in [0.2, 0.25) is 5.91 Å². The molecule has 4 aromatic rings. The highest BCUT2D eigenvalue weighted by molar-refractivity contribution is 5.93. The molecule has 1 aliphatic rings. The summed E-state index contributed by atoms with van der Waals surface area (Å²) >= 11 is 0. The Hall–Kier alpha value is -4.55. The summed E-state index contributed by atoms with van der Waals surface area (Å²) in [6.45, 7) is 6.14. The first kappa shape index (κ1) is 39.7. The van der Waals surface area contributed by atoms with Crippen molar-refractivity contribution in [3.63, 3.8) is 0 Å². The minimum atomic E-state index is -0.0620. The van der Waals surface area contributed by atoms with E-state index in [0.29, 0.717) is 109 Å². The number of rotatable bonds is 25. The second kappa shape index (κ2) is 21.9. The molecule has 3 aromatic heterocycles. The van der Waals surface area contributed by atoms with Crippen LogP contribution in [0, 0.1) is 5.92 Å². The first-order chi connectivity index (χ1) is 26.1. The number of amides is 1. The lowest BCUT2D eigenvalue weighted by Crippen LogP contribution is -2.35. The summed E-state index contributed by atoms with van der Waals surface area (Å²) < 4.78 is 40.1. The van der Waals surface area contributed by atoms with Crippen molar-refractivity contribution >= 4 is 28.1 Å². The molecule has 1 aromatic carbocycles. The van der Waals surface area contributed by atoms with Gasteiger partial charge in [-0.1, -0.05) is 17.2 Å². The number of hydrogen-bond donors (Lipinski definition) is 3. The van der Waals surface area contributed by atoms with Crippen molar-refractivity contribution in [1.29, 1.82) is 0 Å². The summed E-state index contributed by atoms with van der Waals surface area (Å²) in [5.74, 6) is 2.04. The Kier molecular flexibility index (Phi) is 16.3. The van der Waals surface area contributed by atoms with Gasteiger partial charge in [0.25, 0.3) is 0 Å². The molecule has 1 fully saturated rings. The van der Waals surface area contributed by atoms with Crippen LogP contribution < -0.4 is 15.8 Å². The zero-order chi connectivity index (χ0) is 37.1. The molecule has 0 bridgehead atoms. The SMILES string of the molecule is COc1cccc2cc(-c3nc(C4CCC(C(=O)NCCOCCOCCOCCOCCOCCOCCN=[N+]=[N-])CC4)n4ncnc(N)c34)[nH]c12. The number of methoxy groups -OCH3 is 1. The Labute approximate surface area is 307 Å². The molecular weight excluding hydrogens is 688 g/mol. The van der Waals surface area contributed by atoms with Gasteiger partial charge >= 0.3 is 0 Å². The molecular formula is C35H50N10O8. The number of nitrogens with one attached hydrogen (secondary N) is 2. The lowest BCUT2D eigenvalue weighted by molar-refractivity contribution is -0.126. The summed E-state index contributed by atoms with van der Waals surface area (Å²) in [5.41, 5.74) is 17.6. The Morgan fingerprint density at radius 3 is 2.19 bits per heavy atom. The summed E-state index contributed by atoms with van der Waals surface area (Å²) in [5, 5.41) is 11.9. The van der Waals surface area contributed by atoms with Crippen LogP contribution >= 0.6 is 0 Å². The normalized spacial score (nSPS) is 15.9. The van der Waals surface area contributed by atoms with E-state index >= 15 is 0 Å². The number of aromatic nitrogens is 5. The van der Waals surface area contributed by atoms with E-state index in [1.807, 2.05) is 24.3 Å². The van der Waals surface area contributed by atoms with E-state index in [-0.39, 0.29) is 17.7 Å². The topological polar surface area (TPSA) is 227 Å². The van der Waals surface area contributed by atoms with Crippen LogP contribution in [0.15, 0.2) is 35.7 Å².